The Morgan fingerprint density at radius 2 is 1.95 bits per heavy atom. The van der Waals surface area contributed by atoms with E-state index in [1.54, 1.807) is 0 Å². The summed E-state index contributed by atoms with van der Waals surface area (Å²) in [5, 5.41) is 13.5. The molecule has 0 unspecified atom stereocenters. The molecule has 0 aliphatic rings. The number of phenols is 1. The van der Waals surface area contributed by atoms with E-state index in [0.29, 0.717) is 6.20 Å². The number of benzene rings is 1. The highest BCUT2D eigenvalue weighted by atomic mass is 19.4. The summed E-state index contributed by atoms with van der Waals surface area (Å²) in [5.41, 5.74) is 1.99. The minimum Gasteiger partial charge on any atom is -0.507 e. The molecule has 22 heavy (non-hydrogen) atoms. The summed E-state index contributed by atoms with van der Waals surface area (Å²) < 4.78 is 50.3. The standard InChI is InChI=1S/C14H11F4N3O/c1-8(11-6-10(15)3-4-12(11)22)20-21-13-5-2-9(7-19-13)14(16,17)18/h2-7,22H,1H3,(H,19,21)/b20-8+. The van der Waals surface area contributed by atoms with Crippen molar-refractivity contribution in [3.8, 4) is 5.75 Å². The van der Waals surface area contributed by atoms with Crippen molar-refractivity contribution < 1.29 is 22.7 Å². The summed E-state index contributed by atoms with van der Waals surface area (Å²) in [4.78, 5) is 3.58. The van der Waals surface area contributed by atoms with Crippen molar-refractivity contribution in [2.45, 2.75) is 13.1 Å². The Labute approximate surface area is 123 Å². The third-order valence-electron chi connectivity index (χ3n) is 2.78. The normalized spacial score (nSPS) is 12.3. The Morgan fingerprint density at radius 3 is 2.55 bits per heavy atom. The fourth-order valence-electron chi connectivity index (χ4n) is 1.63. The molecule has 0 spiro atoms. The first-order valence-corrected chi connectivity index (χ1v) is 6.10. The fourth-order valence-corrected chi connectivity index (χ4v) is 1.63. The predicted octanol–water partition coefficient (Wildman–Crippen LogP) is 3.78. The highest BCUT2D eigenvalue weighted by Gasteiger charge is 2.30. The zero-order valence-electron chi connectivity index (χ0n) is 11.3. The Morgan fingerprint density at radius 1 is 1.23 bits per heavy atom. The molecule has 1 aromatic carbocycles. The van der Waals surface area contributed by atoms with Crippen LogP contribution in [0.5, 0.6) is 5.75 Å². The van der Waals surface area contributed by atoms with Crippen molar-refractivity contribution in [2.75, 3.05) is 5.43 Å². The molecule has 0 aliphatic carbocycles. The number of nitrogens with one attached hydrogen (secondary N) is 1. The Balaban J connectivity index is 2.15. The highest BCUT2D eigenvalue weighted by molar-refractivity contribution is 6.01. The van der Waals surface area contributed by atoms with Crippen molar-refractivity contribution in [2.24, 2.45) is 5.10 Å². The van der Waals surface area contributed by atoms with Gasteiger partial charge in [0.05, 0.1) is 11.3 Å². The van der Waals surface area contributed by atoms with Gasteiger partial charge in [0.1, 0.15) is 17.4 Å². The van der Waals surface area contributed by atoms with E-state index in [1.807, 2.05) is 0 Å². The van der Waals surface area contributed by atoms with E-state index in [9.17, 15) is 22.7 Å². The number of alkyl halides is 3. The molecule has 116 valence electrons. The molecular formula is C14H11F4N3O. The Bertz CT molecular complexity index is 696. The third-order valence-corrected chi connectivity index (χ3v) is 2.78. The van der Waals surface area contributed by atoms with E-state index in [2.05, 4.69) is 15.5 Å². The average molecular weight is 313 g/mol. The Kier molecular flexibility index (Phi) is 4.30. The predicted molar refractivity (Wildman–Crippen MR) is 73.1 cm³/mol. The number of hydrazone groups is 1. The monoisotopic (exact) mass is 313 g/mol. The van der Waals surface area contributed by atoms with Gasteiger partial charge in [0.2, 0.25) is 0 Å². The zero-order chi connectivity index (χ0) is 16.3. The number of anilines is 1. The van der Waals surface area contributed by atoms with E-state index in [1.165, 1.54) is 13.0 Å². The molecule has 0 radical (unpaired) electrons. The first kappa shape index (κ1) is 15.7. The lowest BCUT2D eigenvalue weighted by molar-refractivity contribution is -0.137. The molecular weight excluding hydrogens is 302 g/mol. The maximum Gasteiger partial charge on any atom is 0.417 e. The van der Waals surface area contributed by atoms with Crippen molar-refractivity contribution in [3.63, 3.8) is 0 Å². The van der Waals surface area contributed by atoms with Crippen LogP contribution in [-0.2, 0) is 6.18 Å². The van der Waals surface area contributed by atoms with Crippen molar-refractivity contribution in [1.29, 1.82) is 0 Å². The van der Waals surface area contributed by atoms with Gasteiger partial charge in [-0.15, -0.1) is 0 Å². The first-order valence-electron chi connectivity index (χ1n) is 6.10. The van der Waals surface area contributed by atoms with Gasteiger partial charge in [-0.2, -0.15) is 18.3 Å². The maximum atomic E-state index is 13.1. The van der Waals surface area contributed by atoms with Gasteiger partial charge in [-0.1, -0.05) is 0 Å². The van der Waals surface area contributed by atoms with E-state index in [0.717, 1.165) is 24.3 Å². The lowest BCUT2D eigenvalue weighted by Gasteiger charge is -2.07. The van der Waals surface area contributed by atoms with Gasteiger partial charge in [-0.25, -0.2) is 9.37 Å². The quantitative estimate of drug-likeness (QED) is 0.515. The number of rotatable bonds is 3. The van der Waals surface area contributed by atoms with Crippen molar-refractivity contribution in [3.05, 3.63) is 53.5 Å². The lowest BCUT2D eigenvalue weighted by Crippen LogP contribution is -2.06. The number of aromatic hydroxyl groups is 1. The molecule has 8 heteroatoms. The second-order valence-corrected chi connectivity index (χ2v) is 4.40. The molecule has 0 saturated heterocycles. The minimum atomic E-state index is -4.46. The SMILES string of the molecule is C/C(=N\Nc1ccc(C(F)(F)F)cn1)c1cc(F)ccc1O. The van der Waals surface area contributed by atoms with Gasteiger partial charge in [0.25, 0.3) is 0 Å². The molecule has 1 aromatic heterocycles. The topological polar surface area (TPSA) is 57.5 Å². The number of aromatic nitrogens is 1. The van der Waals surface area contributed by atoms with Crippen LogP contribution in [0.3, 0.4) is 0 Å². The molecule has 0 aliphatic heterocycles. The van der Waals surface area contributed by atoms with Crippen LogP contribution >= 0.6 is 0 Å². The average Bonchev–Trinajstić information content (AvgIpc) is 2.47. The molecule has 4 nitrogen and oxygen atoms in total. The first-order chi connectivity index (χ1) is 10.3. The smallest absolute Gasteiger partial charge is 0.417 e. The van der Waals surface area contributed by atoms with Crippen molar-refractivity contribution >= 4 is 11.5 Å². The third kappa shape index (κ3) is 3.72. The second kappa shape index (κ2) is 6.00. The minimum absolute atomic E-state index is 0.0863. The molecule has 0 bridgehead atoms. The summed E-state index contributed by atoms with van der Waals surface area (Å²) >= 11 is 0. The second-order valence-electron chi connectivity index (χ2n) is 4.40. The van der Waals surface area contributed by atoms with Gasteiger partial charge in [0.15, 0.2) is 0 Å². The summed E-state index contributed by atoms with van der Waals surface area (Å²) in [6.45, 7) is 1.51. The highest BCUT2D eigenvalue weighted by Crippen LogP contribution is 2.28. The number of phenolic OH excluding ortho intramolecular Hbond substituents is 1. The van der Waals surface area contributed by atoms with E-state index in [4.69, 9.17) is 0 Å². The van der Waals surface area contributed by atoms with Gasteiger partial charge in [-0.05, 0) is 37.3 Å². The van der Waals surface area contributed by atoms with Crippen LogP contribution in [0.1, 0.15) is 18.1 Å². The summed E-state index contributed by atoms with van der Waals surface area (Å²) in [5.74, 6) is -0.622. The lowest BCUT2D eigenvalue weighted by atomic mass is 10.1. The van der Waals surface area contributed by atoms with Gasteiger partial charge >= 0.3 is 6.18 Å². The molecule has 0 amide bonds. The summed E-state index contributed by atoms with van der Waals surface area (Å²) in [6.07, 6.45) is -3.79. The van der Waals surface area contributed by atoms with Crippen LogP contribution in [0.25, 0.3) is 0 Å². The van der Waals surface area contributed by atoms with E-state index < -0.39 is 17.6 Å². The van der Waals surface area contributed by atoms with Crippen LogP contribution in [0, 0.1) is 5.82 Å². The largest absolute Gasteiger partial charge is 0.507 e. The number of pyridine rings is 1. The molecule has 0 saturated carbocycles. The summed E-state index contributed by atoms with van der Waals surface area (Å²) in [7, 11) is 0. The maximum absolute atomic E-state index is 13.1. The number of hydrogen-bond acceptors (Lipinski definition) is 4. The van der Waals surface area contributed by atoms with Gasteiger partial charge in [0, 0.05) is 11.8 Å². The number of halogens is 4. The van der Waals surface area contributed by atoms with Crippen LogP contribution < -0.4 is 5.43 Å². The molecule has 2 aromatic rings. The molecule has 2 rings (SSSR count). The molecule has 1 heterocycles. The zero-order valence-corrected chi connectivity index (χ0v) is 11.3. The molecule has 0 fully saturated rings. The van der Waals surface area contributed by atoms with Crippen LogP contribution in [-0.4, -0.2) is 15.8 Å². The fraction of sp³-hybridized carbons (Fsp3) is 0.143. The van der Waals surface area contributed by atoms with Crippen LogP contribution in [0.4, 0.5) is 23.4 Å². The van der Waals surface area contributed by atoms with E-state index in [-0.39, 0.29) is 22.8 Å². The van der Waals surface area contributed by atoms with Crippen LogP contribution in [0.2, 0.25) is 0 Å². The van der Waals surface area contributed by atoms with Gasteiger partial charge < -0.3 is 5.11 Å². The molecule has 2 N–H and O–H groups in total. The van der Waals surface area contributed by atoms with Crippen molar-refractivity contribution in [1.82, 2.24) is 4.98 Å². The van der Waals surface area contributed by atoms with E-state index >= 15 is 0 Å². The summed E-state index contributed by atoms with van der Waals surface area (Å²) in [6, 6.07) is 5.35. The van der Waals surface area contributed by atoms with Crippen LogP contribution in [0.15, 0.2) is 41.6 Å². The number of nitrogens with zero attached hydrogens (tertiary/aromatic N) is 2. The van der Waals surface area contributed by atoms with Gasteiger partial charge in [-0.3, -0.25) is 5.43 Å². The Hall–Kier alpha value is -2.64. The number of hydrogen-bond donors (Lipinski definition) is 2. The molecule has 0 atom stereocenters.